The first-order valence-electron chi connectivity index (χ1n) is 11.0. The molecule has 5 aromatic rings. The van der Waals surface area contributed by atoms with Crippen LogP contribution in [0.3, 0.4) is 0 Å². The molecule has 35 heavy (non-hydrogen) atoms. The summed E-state index contributed by atoms with van der Waals surface area (Å²) in [6, 6.07) is 15.0. The summed E-state index contributed by atoms with van der Waals surface area (Å²) >= 11 is 1.64. The van der Waals surface area contributed by atoms with Gasteiger partial charge in [0, 0.05) is 52.0 Å². The number of nitrogens with two attached hydrogens (primary N) is 1. The second-order valence-electron chi connectivity index (χ2n) is 8.26. The third-order valence-electron chi connectivity index (χ3n) is 5.57. The SMILES string of the molecule is Cc1cccc(NC(=O)Nc2ccc(C=Cc3csc4c(-c5cnn(C)c5)cnc(N)c34)cc2)c1. The van der Waals surface area contributed by atoms with E-state index in [0.29, 0.717) is 11.5 Å². The fraction of sp³-hybridized carbons (Fsp3) is 0.0741. The number of benzene rings is 2. The molecule has 0 spiro atoms. The molecule has 0 saturated carbocycles. The third-order valence-corrected chi connectivity index (χ3v) is 6.60. The number of urea groups is 1. The van der Waals surface area contributed by atoms with E-state index in [-0.39, 0.29) is 6.03 Å². The maximum absolute atomic E-state index is 12.3. The second-order valence-corrected chi connectivity index (χ2v) is 9.14. The van der Waals surface area contributed by atoms with Crippen LogP contribution in [-0.2, 0) is 7.05 Å². The van der Waals surface area contributed by atoms with Gasteiger partial charge in [-0.3, -0.25) is 4.68 Å². The smallest absolute Gasteiger partial charge is 0.323 e. The zero-order valence-corrected chi connectivity index (χ0v) is 20.1. The van der Waals surface area contributed by atoms with Gasteiger partial charge >= 0.3 is 6.03 Å². The van der Waals surface area contributed by atoms with Crippen molar-refractivity contribution in [3.63, 3.8) is 0 Å². The van der Waals surface area contributed by atoms with Crippen LogP contribution in [-0.4, -0.2) is 20.8 Å². The van der Waals surface area contributed by atoms with Crippen molar-refractivity contribution < 1.29 is 4.79 Å². The van der Waals surface area contributed by atoms with E-state index in [1.807, 2.05) is 87.0 Å². The topological polar surface area (TPSA) is 97.9 Å². The predicted octanol–water partition coefficient (Wildman–Crippen LogP) is 6.40. The van der Waals surface area contributed by atoms with Crippen LogP contribution in [0.25, 0.3) is 33.4 Å². The van der Waals surface area contributed by atoms with Crippen molar-refractivity contribution in [2.24, 2.45) is 7.05 Å². The minimum absolute atomic E-state index is 0.281. The molecular weight excluding hydrogens is 456 g/mol. The number of hydrogen-bond acceptors (Lipinski definition) is 5. The first-order valence-corrected chi connectivity index (χ1v) is 11.9. The Morgan fingerprint density at radius 1 is 1.06 bits per heavy atom. The molecule has 0 aliphatic rings. The quantitative estimate of drug-likeness (QED) is 0.271. The molecule has 0 bridgehead atoms. The van der Waals surface area contributed by atoms with Crippen molar-refractivity contribution in [2.75, 3.05) is 16.4 Å². The standard InChI is InChI=1S/C27H24N6OS/c1-17-4-3-5-22(12-17)32-27(34)31-21-10-7-18(8-11-21)6-9-19-16-35-25-23(14-29-26(28)24(19)25)20-13-30-33(2)15-20/h3-16H,1-2H3,(H2,28,29)(H2,31,32,34). The van der Waals surface area contributed by atoms with Crippen molar-refractivity contribution in [2.45, 2.75) is 6.92 Å². The second kappa shape index (κ2) is 9.44. The molecule has 0 atom stereocenters. The molecule has 0 aliphatic carbocycles. The lowest BCUT2D eigenvalue weighted by molar-refractivity contribution is 0.262. The first kappa shape index (κ1) is 22.4. The maximum Gasteiger partial charge on any atom is 0.323 e. The number of fused-ring (bicyclic) bond motifs is 1. The minimum atomic E-state index is -0.281. The Morgan fingerprint density at radius 3 is 2.60 bits per heavy atom. The van der Waals surface area contributed by atoms with Crippen molar-refractivity contribution in [3.05, 3.63) is 89.2 Å². The molecule has 4 N–H and O–H groups in total. The van der Waals surface area contributed by atoms with Crippen LogP contribution < -0.4 is 16.4 Å². The van der Waals surface area contributed by atoms with E-state index in [9.17, 15) is 4.79 Å². The normalized spacial score (nSPS) is 11.3. The predicted molar refractivity (Wildman–Crippen MR) is 145 cm³/mol. The highest BCUT2D eigenvalue weighted by Crippen LogP contribution is 2.38. The number of anilines is 3. The van der Waals surface area contributed by atoms with Crippen LogP contribution >= 0.6 is 11.3 Å². The van der Waals surface area contributed by atoms with E-state index in [1.165, 1.54) is 0 Å². The molecule has 0 fully saturated rings. The number of nitrogens with one attached hydrogen (secondary N) is 2. The number of nitrogen functional groups attached to an aromatic ring is 1. The number of amides is 2. The molecule has 0 radical (unpaired) electrons. The molecule has 174 valence electrons. The van der Waals surface area contributed by atoms with Gasteiger partial charge in [-0.25, -0.2) is 9.78 Å². The van der Waals surface area contributed by atoms with Gasteiger partial charge < -0.3 is 16.4 Å². The van der Waals surface area contributed by atoms with Gasteiger partial charge in [0.1, 0.15) is 5.82 Å². The zero-order valence-electron chi connectivity index (χ0n) is 19.3. The van der Waals surface area contributed by atoms with Gasteiger partial charge in [-0.05, 0) is 53.3 Å². The fourth-order valence-electron chi connectivity index (χ4n) is 3.86. The lowest BCUT2D eigenvalue weighted by atomic mass is 10.1. The van der Waals surface area contributed by atoms with E-state index in [1.54, 1.807) is 22.2 Å². The van der Waals surface area contributed by atoms with Crippen LogP contribution in [0.2, 0.25) is 0 Å². The summed E-state index contributed by atoms with van der Waals surface area (Å²) in [5.74, 6) is 0.507. The van der Waals surface area contributed by atoms with Crippen molar-refractivity contribution in [1.29, 1.82) is 0 Å². The molecule has 7 nitrogen and oxygen atoms in total. The highest BCUT2D eigenvalue weighted by Gasteiger charge is 2.13. The molecule has 0 unspecified atom stereocenters. The van der Waals surface area contributed by atoms with Crippen LogP contribution in [0.5, 0.6) is 0 Å². The number of carbonyl (C=O) groups excluding carboxylic acids is 1. The van der Waals surface area contributed by atoms with E-state index in [0.717, 1.165) is 43.6 Å². The highest BCUT2D eigenvalue weighted by atomic mass is 32.1. The number of rotatable bonds is 5. The Hall–Kier alpha value is -4.43. The molecule has 0 aliphatic heterocycles. The van der Waals surface area contributed by atoms with Gasteiger partial charge in [0.05, 0.1) is 6.20 Å². The average Bonchev–Trinajstić information content (AvgIpc) is 3.46. The van der Waals surface area contributed by atoms with Crippen LogP contribution in [0.1, 0.15) is 16.7 Å². The number of aromatic nitrogens is 3. The van der Waals surface area contributed by atoms with Crippen molar-refractivity contribution in [3.8, 4) is 11.1 Å². The number of carbonyl (C=O) groups is 1. The van der Waals surface area contributed by atoms with Gasteiger partial charge in [-0.15, -0.1) is 11.3 Å². The summed E-state index contributed by atoms with van der Waals surface area (Å²) in [7, 11) is 1.89. The van der Waals surface area contributed by atoms with E-state index < -0.39 is 0 Å². The lowest BCUT2D eigenvalue weighted by Gasteiger charge is -2.08. The molecule has 3 heterocycles. The maximum atomic E-state index is 12.3. The molecule has 2 aromatic carbocycles. The van der Waals surface area contributed by atoms with Gasteiger partial charge in [0.2, 0.25) is 0 Å². The Balaban J connectivity index is 1.31. The van der Waals surface area contributed by atoms with Gasteiger partial charge in [0.25, 0.3) is 0 Å². The van der Waals surface area contributed by atoms with E-state index >= 15 is 0 Å². The summed E-state index contributed by atoms with van der Waals surface area (Å²) in [5, 5.41) is 13.0. The molecular formula is C27H24N6OS. The van der Waals surface area contributed by atoms with Crippen molar-refractivity contribution in [1.82, 2.24) is 14.8 Å². The van der Waals surface area contributed by atoms with Gasteiger partial charge in [0.15, 0.2) is 0 Å². The van der Waals surface area contributed by atoms with Gasteiger partial charge in [-0.2, -0.15) is 5.10 Å². The molecule has 5 rings (SSSR count). The Kier molecular flexibility index (Phi) is 6.03. The van der Waals surface area contributed by atoms with E-state index in [2.05, 4.69) is 26.1 Å². The number of pyridine rings is 1. The van der Waals surface area contributed by atoms with Crippen molar-refractivity contribution >= 4 is 56.8 Å². The fourth-order valence-corrected chi connectivity index (χ4v) is 4.94. The highest BCUT2D eigenvalue weighted by molar-refractivity contribution is 7.18. The number of thiophene rings is 1. The third kappa shape index (κ3) is 4.92. The van der Waals surface area contributed by atoms with Crippen LogP contribution in [0.4, 0.5) is 22.0 Å². The Labute approximate surface area is 206 Å². The summed E-state index contributed by atoms with van der Waals surface area (Å²) in [6.07, 6.45) is 9.67. The summed E-state index contributed by atoms with van der Waals surface area (Å²) in [4.78, 5) is 16.7. The first-order chi connectivity index (χ1) is 17.0. The van der Waals surface area contributed by atoms with E-state index in [4.69, 9.17) is 5.73 Å². The summed E-state index contributed by atoms with van der Waals surface area (Å²) < 4.78 is 2.86. The van der Waals surface area contributed by atoms with Crippen LogP contribution in [0, 0.1) is 6.92 Å². The monoisotopic (exact) mass is 480 g/mol. The molecule has 8 heteroatoms. The van der Waals surface area contributed by atoms with Gasteiger partial charge in [-0.1, -0.05) is 36.4 Å². The summed E-state index contributed by atoms with van der Waals surface area (Å²) in [5.41, 5.74) is 12.8. The Bertz CT molecular complexity index is 1550. The largest absolute Gasteiger partial charge is 0.383 e. The number of nitrogens with zero attached hydrogens (tertiary/aromatic N) is 3. The lowest BCUT2D eigenvalue weighted by Crippen LogP contribution is -2.19. The molecule has 0 saturated heterocycles. The minimum Gasteiger partial charge on any atom is -0.383 e. The number of hydrogen-bond donors (Lipinski definition) is 3. The average molecular weight is 481 g/mol. The van der Waals surface area contributed by atoms with Crippen LogP contribution in [0.15, 0.2) is 72.5 Å². The molecule has 2 amide bonds. The summed E-state index contributed by atoms with van der Waals surface area (Å²) in [6.45, 7) is 1.98. The molecule has 3 aromatic heterocycles. The number of aryl methyl sites for hydroxylation is 2. The Morgan fingerprint density at radius 2 is 1.86 bits per heavy atom. The zero-order chi connectivity index (χ0) is 24.4.